The van der Waals surface area contributed by atoms with Gasteiger partial charge in [0, 0.05) is 19.3 Å². The lowest BCUT2D eigenvalue weighted by Crippen LogP contribution is -2.51. The molecule has 94 valence electrons. The third-order valence-corrected chi connectivity index (χ3v) is 3.34. The Morgan fingerprint density at radius 2 is 2.29 bits per heavy atom. The summed E-state index contributed by atoms with van der Waals surface area (Å²) in [4.78, 5) is 0. The maximum atomic E-state index is 13.1. The number of nitrogens with one attached hydrogen (secondary N) is 1. The second-order valence-electron chi connectivity index (χ2n) is 4.70. The number of hydrogen-bond acceptors (Lipinski definition) is 3. The van der Waals surface area contributed by atoms with Crippen molar-refractivity contribution in [1.29, 1.82) is 0 Å². The molecular weight excluding hydrogens is 219 g/mol. The van der Waals surface area contributed by atoms with E-state index < -0.39 is 0 Å². The fraction of sp³-hybridized carbons (Fsp3) is 0.538. The van der Waals surface area contributed by atoms with E-state index in [1.54, 1.807) is 13.2 Å². The molecule has 3 nitrogen and oxygen atoms in total. The van der Waals surface area contributed by atoms with Crippen molar-refractivity contribution in [3.05, 3.63) is 30.1 Å². The average Bonchev–Trinajstić information content (AvgIpc) is 3.12. The van der Waals surface area contributed by atoms with E-state index in [-0.39, 0.29) is 11.4 Å². The second-order valence-corrected chi connectivity index (χ2v) is 4.70. The molecule has 0 aliphatic heterocycles. The molecule has 1 atom stereocenters. The lowest BCUT2D eigenvalue weighted by atomic mass is 9.93. The number of anilines is 1. The summed E-state index contributed by atoms with van der Waals surface area (Å²) in [5, 5.41) is 3.36. The molecule has 0 saturated heterocycles. The lowest BCUT2D eigenvalue weighted by Gasteiger charge is -2.34. The van der Waals surface area contributed by atoms with Crippen LogP contribution in [0.3, 0.4) is 0 Å². The minimum atomic E-state index is -0.261. The highest BCUT2D eigenvalue weighted by Crippen LogP contribution is 2.41. The van der Waals surface area contributed by atoms with E-state index in [4.69, 9.17) is 10.5 Å². The summed E-state index contributed by atoms with van der Waals surface area (Å²) < 4.78 is 18.4. The first-order valence-electron chi connectivity index (χ1n) is 5.93. The molecule has 1 aliphatic carbocycles. The Morgan fingerprint density at radius 3 is 2.82 bits per heavy atom. The van der Waals surface area contributed by atoms with Crippen molar-refractivity contribution >= 4 is 5.69 Å². The number of benzene rings is 1. The zero-order valence-corrected chi connectivity index (χ0v) is 10.1. The van der Waals surface area contributed by atoms with Crippen molar-refractivity contribution in [2.75, 3.05) is 25.6 Å². The van der Waals surface area contributed by atoms with Crippen LogP contribution in [0.15, 0.2) is 24.3 Å². The Hall–Kier alpha value is -1.13. The van der Waals surface area contributed by atoms with Crippen molar-refractivity contribution in [2.24, 2.45) is 11.7 Å². The van der Waals surface area contributed by atoms with E-state index in [0.29, 0.717) is 19.1 Å². The third-order valence-electron chi connectivity index (χ3n) is 3.34. The van der Waals surface area contributed by atoms with E-state index in [2.05, 4.69) is 5.32 Å². The molecule has 0 bridgehead atoms. The number of hydrogen-bond donors (Lipinski definition) is 2. The van der Waals surface area contributed by atoms with Crippen molar-refractivity contribution < 1.29 is 9.13 Å². The molecule has 1 fully saturated rings. The first kappa shape index (κ1) is 12.3. The maximum Gasteiger partial charge on any atom is 0.125 e. The molecule has 0 radical (unpaired) electrons. The number of rotatable bonds is 6. The van der Waals surface area contributed by atoms with Gasteiger partial charge in [0.2, 0.25) is 0 Å². The van der Waals surface area contributed by atoms with Gasteiger partial charge < -0.3 is 15.8 Å². The quantitative estimate of drug-likeness (QED) is 0.796. The molecule has 1 aromatic rings. The van der Waals surface area contributed by atoms with Gasteiger partial charge in [0.05, 0.1) is 12.1 Å². The second kappa shape index (κ2) is 5.02. The van der Waals surface area contributed by atoms with E-state index in [1.807, 2.05) is 6.07 Å². The normalized spacial score (nSPS) is 18.8. The van der Waals surface area contributed by atoms with Crippen LogP contribution in [-0.2, 0) is 4.74 Å². The van der Waals surface area contributed by atoms with E-state index in [0.717, 1.165) is 18.5 Å². The number of methoxy groups -OCH3 is 1. The summed E-state index contributed by atoms with van der Waals surface area (Å²) in [6.45, 7) is 1.03. The van der Waals surface area contributed by atoms with Crippen LogP contribution >= 0.6 is 0 Å². The molecule has 4 heteroatoms. The first-order valence-corrected chi connectivity index (χ1v) is 5.93. The monoisotopic (exact) mass is 238 g/mol. The largest absolute Gasteiger partial charge is 0.382 e. The number of halogens is 1. The van der Waals surface area contributed by atoms with E-state index in [1.165, 1.54) is 12.1 Å². The Labute approximate surface area is 101 Å². The molecule has 0 heterocycles. The maximum absolute atomic E-state index is 13.1. The zero-order valence-electron chi connectivity index (χ0n) is 10.1. The Balaban J connectivity index is 2.16. The Kier molecular flexibility index (Phi) is 3.64. The fourth-order valence-electron chi connectivity index (χ4n) is 2.28. The fourth-order valence-corrected chi connectivity index (χ4v) is 2.28. The topological polar surface area (TPSA) is 47.3 Å². The van der Waals surface area contributed by atoms with Crippen LogP contribution < -0.4 is 11.1 Å². The highest BCUT2D eigenvalue weighted by atomic mass is 19.1. The summed E-state index contributed by atoms with van der Waals surface area (Å²) in [7, 11) is 1.67. The highest BCUT2D eigenvalue weighted by molar-refractivity contribution is 5.46. The predicted octanol–water partition coefficient (Wildman–Crippen LogP) is 1.99. The molecule has 17 heavy (non-hydrogen) atoms. The van der Waals surface area contributed by atoms with Gasteiger partial charge in [-0.05, 0) is 37.0 Å². The van der Waals surface area contributed by atoms with Gasteiger partial charge in [0.1, 0.15) is 5.82 Å². The van der Waals surface area contributed by atoms with Gasteiger partial charge in [0.15, 0.2) is 0 Å². The van der Waals surface area contributed by atoms with Gasteiger partial charge >= 0.3 is 0 Å². The molecule has 1 aliphatic rings. The smallest absolute Gasteiger partial charge is 0.125 e. The first-order chi connectivity index (χ1) is 8.20. The summed E-state index contributed by atoms with van der Waals surface area (Å²) in [6.07, 6.45) is 2.31. The number of ether oxygens (including phenoxy) is 1. The summed E-state index contributed by atoms with van der Waals surface area (Å²) in [5.74, 6) is 0.282. The van der Waals surface area contributed by atoms with Crippen LogP contribution in [0, 0.1) is 11.7 Å². The van der Waals surface area contributed by atoms with Crippen LogP contribution in [0.2, 0.25) is 0 Å². The number of nitrogens with two attached hydrogens (primary N) is 1. The van der Waals surface area contributed by atoms with Crippen molar-refractivity contribution in [2.45, 2.75) is 18.4 Å². The molecule has 0 amide bonds. The molecule has 0 aromatic heterocycles. The summed E-state index contributed by atoms with van der Waals surface area (Å²) >= 11 is 0. The predicted molar refractivity (Wildman–Crippen MR) is 66.4 cm³/mol. The molecule has 2 rings (SSSR count). The van der Waals surface area contributed by atoms with Gasteiger partial charge in [-0.2, -0.15) is 0 Å². The van der Waals surface area contributed by atoms with Gasteiger partial charge in [-0.15, -0.1) is 0 Å². The summed E-state index contributed by atoms with van der Waals surface area (Å²) in [6, 6.07) is 6.47. The average molecular weight is 238 g/mol. The van der Waals surface area contributed by atoms with Crippen LogP contribution in [-0.4, -0.2) is 25.8 Å². The SMILES string of the molecule is COCC(CN)(Nc1cccc(F)c1)C1CC1. The molecule has 1 unspecified atom stereocenters. The minimum absolute atomic E-state index is 0.242. The molecule has 0 spiro atoms. The summed E-state index contributed by atoms with van der Waals surface area (Å²) in [5.41, 5.74) is 6.39. The van der Waals surface area contributed by atoms with Gasteiger partial charge in [-0.25, -0.2) is 4.39 Å². The van der Waals surface area contributed by atoms with Crippen LogP contribution in [0.25, 0.3) is 0 Å². The lowest BCUT2D eigenvalue weighted by molar-refractivity contribution is 0.134. The highest BCUT2D eigenvalue weighted by Gasteiger charge is 2.44. The van der Waals surface area contributed by atoms with Crippen LogP contribution in [0.5, 0.6) is 0 Å². The third kappa shape index (κ3) is 2.76. The van der Waals surface area contributed by atoms with Gasteiger partial charge in [0.25, 0.3) is 0 Å². The molecular formula is C13H19FN2O. The minimum Gasteiger partial charge on any atom is -0.382 e. The molecule has 3 N–H and O–H groups in total. The van der Waals surface area contributed by atoms with E-state index in [9.17, 15) is 4.39 Å². The van der Waals surface area contributed by atoms with Crippen molar-refractivity contribution in [3.8, 4) is 0 Å². The van der Waals surface area contributed by atoms with Gasteiger partial charge in [-0.3, -0.25) is 0 Å². The molecule has 1 saturated carbocycles. The van der Waals surface area contributed by atoms with Crippen LogP contribution in [0.4, 0.5) is 10.1 Å². The van der Waals surface area contributed by atoms with Gasteiger partial charge in [-0.1, -0.05) is 6.07 Å². The standard InChI is InChI=1S/C13H19FN2O/c1-17-9-13(8-15,10-5-6-10)16-12-4-2-3-11(14)7-12/h2-4,7,10,16H,5-6,8-9,15H2,1H3. The molecule has 1 aromatic carbocycles. The van der Waals surface area contributed by atoms with Crippen molar-refractivity contribution in [3.63, 3.8) is 0 Å². The Bertz CT molecular complexity index is 381. The van der Waals surface area contributed by atoms with Crippen molar-refractivity contribution in [1.82, 2.24) is 0 Å². The van der Waals surface area contributed by atoms with Crippen LogP contribution in [0.1, 0.15) is 12.8 Å². The Morgan fingerprint density at radius 1 is 1.53 bits per heavy atom. The zero-order chi connectivity index (χ0) is 12.3. The van der Waals surface area contributed by atoms with E-state index >= 15 is 0 Å².